The van der Waals surface area contributed by atoms with E-state index in [2.05, 4.69) is 0 Å². The maximum atomic E-state index is 12.3. The molecule has 1 saturated heterocycles. The second-order valence-electron chi connectivity index (χ2n) is 8.55. The maximum absolute atomic E-state index is 12.3. The zero-order chi connectivity index (χ0) is 17.6. The molecule has 2 heterocycles. The molecule has 130 valence electrons. The van der Waals surface area contributed by atoms with E-state index in [1.165, 1.54) is 0 Å². The SMILES string of the molecule is C[C@H]1CC(B2OC(C)(C)C(C)(C)O2)=CCN1C(=O)OC(C)(C)C. The topological polar surface area (TPSA) is 48.0 Å². The lowest BCUT2D eigenvalue weighted by atomic mass is 9.73. The highest BCUT2D eigenvalue weighted by Crippen LogP contribution is 2.40. The first-order chi connectivity index (χ1) is 10.3. The maximum Gasteiger partial charge on any atom is 0.490 e. The summed E-state index contributed by atoms with van der Waals surface area (Å²) in [6.07, 6.45) is 2.50. The van der Waals surface area contributed by atoms with Gasteiger partial charge in [0.2, 0.25) is 0 Å². The van der Waals surface area contributed by atoms with Crippen LogP contribution in [0.25, 0.3) is 0 Å². The van der Waals surface area contributed by atoms with Gasteiger partial charge in [0.15, 0.2) is 0 Å². The van der Waals surface area contributed by atoms with E-state index in [1.807, 2.05) is 61.5 Å². The van der Waals surface area contributed by atoms with Crippen molar-refractivity contribution in [3.05, 3.63) is 11.5 Å². The average Bonchev–Trinajstić information content (AvgIpc) is 2.56. The molecule has 5 nitrogen and oxygen atoms in total. The Morgan fingerprint density at radius 2 is 1.78 bits per heavy atom. The van der Waals surface area contributed by atoms with Crippen LogP contribution in [0.15, 0.2) is 11.5 Å². The Labute approximate surface area is 140 Å². The van der Waals surface area contributed by atoms with Crippen molar-refractivity contribution in [2.75, 3.05) is 6.54 Å². The standard InChI is InChI=1S/C17H30BNO4/c1-12-11-13(18-22-16(5,6)17(7,8)23-18)9-10-19(12)14(20)21-15(2,3)4/h9,12H,10-11H2,1-8H3/t12-/m0/s1. The number of hydrogen-bond donors (Lipinski definition) is 0. The Kier molecular flexibility index (Phi) is 4.64. The van der Waals surface area contributed by atoms with Gasteiger partial charge in [-0.15, -0.1) is 0 Å². The number of amides is 1. The van der Waals surface area contributed by atoms with Crippen LogP contribution in [0.3, 0.4) is 0 Å². The summed E-state index contributed by atoms with van der Waals surface area (Å²) < 4.78 is 17.7. The fourth-order valence-electron chi connectivity index (χ4n) is 2.69. The molecule has 1 atom stereocenters. The first-order valence-corrected chi connectivity index (χ1v) is 8.36. The Balaban J connectivity index is 2.05. The number of rotatable bonds is 1. The highest BCUT2D eigenvalue weighted by Gasteiger charge is 2.52. The van der Waals surface area contributed by atoms with Gasteiger partial charge in [0, 0.05) is 12.6 Å². The minimum absolute atomic E-state index is 0.0591. The second-order valence-corrected chi connectivity index (χ2v) is 8.55. The van der Waals surface area contributed by atoms with E-state index in [0.717, 1.165) is 11.9 Å². The highest BCUT2D eigenvalue weighted by molar-refractivity contribution is 6.54. The fraction of sp³-hybridized carbons (Fsp3) is 0.824. The largest absolute Gasteiger partial charge is 0.490 e. The number of carbonyl (C=O) groups excluding carboxylic acids is 1. The van der Waals surface area contributed by atoms with Gasteiger partial charge in [-0.1, -0.05) is 6.08 Å². The van der Waals surface area contributed by atoms with Crippen LogP contribution in [-0.4, -0.2) is 47.5 Å². The monoisotopic (exact) mass is 323 g/mol. The molecule has 0 unspecified atom stereocenters. The van der Waals surface area contributed by atoms with Crippen molar-refractivity contribution >= 4 is 13.2 Å². The summed E-state index contributed by atoms with van der Waals surface area (Å²) in [4.78, 5) is 14.0. The lowest BCUT2D eigenvalue weighted by Crippen LogP contribution is -2.45. The average molecular weight is 323 g/mol. The highest BCUT2D eigenvalue weighted by atomic mass is 16.7. The quantitative estimate of drug-likeness (QED) is 0.692. The van der Waals surface area contributed by atoms with E-state index in [1.54, 1.807) is 4.90 Å². The summed E-state index contributed by atoms with van der Waals surface area (Å²) in [5, 5.41) is 0. The number of ether oxygens (including phenoxy) is 1. The van der Waals surface area contributed by atoms with E-state index in [0.29, 0.717) is 6.54 Å². The summed E-state index contributed by atoms with van der Waals surface area (Å²) in [6.45, 7) is 16.4. The third-order valence-electron chi connectivity index (χ3n) is 4.80. The van der Waals surface area contributed by atoms with E-state index >= 15 is 0 Å². The molecular weight excluding hydrogens is 293 g/mol. The minimum atomic E-state index is -0.480. The van der Waals surface area contributed by atoms with Crippen LogP contribution in [0.4, 0.5) is 4.79 Å². The van der Waals surface area contributed by atoms with Gasteiger partial charge >= 0.3 is 13.2 Å². The molecule has 0 aromatic rings. The number of carbonyl (C=O) groups is 1. The van der Waals surface area contributed by atoms with Crippen molar-refractivity contribution in [2.24, 2.45) is 0 Å². The fourth-order valence-corrected chi connectivity index (χ4v) is 2.69. The summed E-state index contributed by atoms with van der Waals surface area (Å²) >= 11 is 0. The summed E-state index contributed by atoms with van der Waals surface area (Å²) in [6, 6.07) is 0.0591. The summed E-state index contributed by atoms with van der Waals surface area (Å²) in [7, 11) is -0.330. The van der Waals surface area contributed by atoms with Crippen molar-refractivity contribution in [1.29, 1.82) is 0 Å². The van der Waals surface area contributed by atoms with Crippen LogP contribution >= 0.6 is 0 Å². The first-order valence-electron chi connectivity index (χ1n) is 8.36. The van der Waals surface area contributed by atoms with E-state index in [-0.39, 0.29) is 30.5 Å². The summed E-state index contributed by atoms with van der Waals surface area (Å²) in [5.41, 5.74) is -0.0587. The Bertz CT molecular complexity index is 491. The van der Waals surface area contributed by atoms with Gasteiger partial charge in [0.25, 0.3) is 0 Å². The lowest BCUT2D eigenvalue weighted by molar-refractivity contribution is 0.00578. The van der Waals surface area contributed by atoms with Gasteiger partial charge in [-0.2, -0.15) is 0 Å². The van der Waals surface area contributed by atoms with Crippen molar-refractivity contribution in [1.82, 2.24) is 4.90 Å². The van der Waals surface area contributed by atoms with Crippen LogP contribution in [0, 0.1) is 0 Å². The van der Waals surface area contributed by atoms with E-state index < -0.39 is 5.60 Å². The molecule has 2 rings (SSSR count). The smallest absolute Gasteiger partial charge is 0.444 e. The third-order valence-corrected chi connectivity index (χ3v) is 4.80. The van der Waals surface area contributed by atoms with E-state index in [4.69, 9.17) is 14.0 Å². The molecule has 0 bridgehead atoms. The molecule has 0 aromatic carbocycles. The van der Waals surface area contributed by atoms with Gasteiger partial charge in [-0.05, 0) is 67.3 Å². The van der Waals surface area contributed by atoms with Crippen LogP contribution in [0.2, 0.25) is 0 Å². The molecule has 2 aliphatic rings. The van der Waals surface area contributed by atoms with Crippen molar-refractivity contribution in [3.63, 3.8) is 0 Å². The van der Waals surface area contributed by atoms with Crippen LogP contribution in [0.1, 0.15) is 61.8 Å². The molecule has 23 heavy (non-hydrogen) atoms. The van der Waals surface area contributed by atoms with Crippen molar-refractivity contribution in [3.8, 4) is 0 Å². The van der Waals surface area contributed by atoms with Gasteiger partial charge in [-0.3, -0.25) is 0 Å². The predicted octanol–water partition coefficient (Wildman–Crippen LogP) is 3.57. The molecule has 0 spiro atoms. The van der Waals surface area contributed by atoms with Crippen molar-refractivity contribution in [2.45, 2.75) is 84.7 Å². The normalized spacial score (nSPS) is 27.0. The number of nitrogens with zero attached hydrogens (tertiary/aromatic N) is 1. The van der Waals surface area contributed by atoms with Gasteiger partial charge in [-0.25, -0.2) is 4.79 Å². The molecule has 2 aliphatic heterocycles. The zero-order valence-electron chi connectivity index (χ0n) is 15.7. The number of hydrogen-bond acceptors (Lipinski definition) is 4. The molecule has 0 radical (unpaired) electrons. The van der Waals surface area contributed by atoms with Crippen LogP contribution in [-0.2, 0) is 14.0 Å². The molecule has 0 aromatic heterocycles. The lowest BCUT2D eigenvalue weighted by Gasteiger charge is -2.34. The minimum Gasteiger partial charge on any atom is -0.444 e. The third kappa shape index (κ3) is 3.91. The Morgan fingerprint density at radius 1 is 1.26 bits per heavy atom. The molecule has 6 heteroatoms. The molecule has 0 N–H and O–H groups in total. The van der Waals surface area contributed by atoms with Crippen LogP contribution < -0.4 is 0 Å². The van der Waals surface area contributed by atoms with E-state index in [9.17, 15) is 4.79 Å². The van der Waals surface area contributed by atoms with Crippen molar-refractivity contribution < 1.29 is 18.8 Å². The van der Waals surface area contributed by atoms with Crippen LogP contribution in [0.5, 0.6) is 0 Å². The second kappa shape index (κ2) is 5.81. The zero-order valence-corrected chi connectivity index (χ0v) is 15.7. The summed E-state index contributed by atoms with van der Waals surface area (Å²) in [5.74, 6) is 0. The molecule has 0 saturated carbocycles. The van der Waals surface area contributed by atoms with Gasteiger partial charge in [0.1, 0.15) is 5.60 Å². The molecular formula is C17H30BNO4. The Hall–Kier alpha value is -1.01. The van der Waals surface area contributed by atoms with Gasteiger partial charge in [0.05, 0.1) is 11.2 Å². The predicted molar refractivity (Wildman–Crippen MR) is 91.2 cm³/mol. The molecule has 0 aliphatic carbocycles. The first kappa shape index (κ1) is 18.3. The molecule has 1 amide bonds. The van der Waals surface area contributed by atoms with Gasteiger partial charge < -0.3 is 18.9 Å². The molecule has 1 fully saturated rings. The Morgan fingerprint density at radius 3 is 2.22 bits per heavy atom.